The van der Waals surface area contributed by atoms with Gasteiger partial charge >= 0.3 is 0 Å². The number of thiophene rings is 1. The number of hydrogen-bond donors (Lipinski definition) is 2. The number of aromatic nitrogens is 2. The number of aryl methyl sites for hydroxylation is 2. The second-order valence-corrected chi connectivity index (χ2v) is 7.42. The summed E-state index contributed by atoms with van der Waals surface area (Å²) in [6, 6.07) is 0. The van der Waals surface area contributed by atoms with Gasteiger partial charge in [0.05, 0.1) is 16.4 Å². The maximum atomic E-state index is 12.9. The summed E-state index contributed by atoms with van der Waals surface area (Å²) in [6.07, 6.45) is 4.04. The van der Waals surface area contributed by atoms with Crippen LogP contribution in [0.25, 0.3) is 10.2 Å². The Bertz CT molecular complexity index is 823. The number of fused-ring (bicyclic) bond motifs is 2. The molecule has 130 valence electrons. The first-order valence-electron chi connectivity index (χ1n) is 8.48. The summed E-state index contributed by atoms with van der Waals surface area (Å²) in [5.74, 6) is 0.642. The van der Waals surface area contributed by atoms with Crippen LogP contribution in [0.3, 0.4) is 0 Å². The van der Waals surface area contributed by atoms with Crippen molar-refractivity contribution in [2.75, 3.05) is 6.54 Å². The average molecular weight is 349 g/mol. The molecule has 0 spiro atoms. The predicted octanol–water partition coefficient (Wildman–Crippen LogP) is 1.99. The van der Waals surface area contributed by atoms with E-state index in [1.165, 1.54) is 11.3 Å². The molecular formula is C17H23N3O3S. The van der Waals surface area contributed by atoms with Gasteiger partial charge in [-0.3, -0.25) is 14.2 Å². The lowest BCUT2D eigenvalue weighted by molar-refractivity contribution is 0.0949. The zero-order valence-electron chi connectivity index (χ0n) is 14.1. The normalized spacial score (nSPS) is 15.8. The standard InChI is InChI=1S/C17H23N3O3S/c1-10(21)7-8-18-15(22)14-11(2)13-16(24-14)19-12-6-4-3-5-9-20(12)17(13)23/h10,21H,3-9H2,1-2H3,(H,18,22). The van der Waals surface area contributed by atoms with Gasteiger partial charge in [-0.15, -0.1) is 11.3 Å². The fourth-order valence-electron chi connectivity index (χ4n) is 3.10. The van der Waals surface area contributed by atoms with E-state index in [0.717, 1.165) is 31.5 Å². The number of aliphatic hydroxyl groups excluding tert-OH is 1. The van der Waals surface area contributed by atoms with Gasteiger partial charge in [0, 0.05) is 19.5 Å². The third-order valence-electron chi connectivity index (χ3n) is 4.47. The average Bonchev–Trinajstić information content (AvgIpc) is 2.70. The molecule has 1 aliphatic heterocycles. The minimum absolute atomic E-state index is 0.0197. The molecule has 2 aromatic rings. The van der Waals surface area contributed by atoms with E-state index in [0.29, 0.717) is 40.2 Å². The summed E-state index contributed by atoms with van der Waals surface area (Å²) >= 11 is 1.29. The highest BCUT2D eigenvalue weighted by Gasteiger charge is 2.22. The van der Waals surface area contributed by atoms with Gasteiger partial charge < -0.3 is 10.4 Å². The first-order valence-corrected chi connectivity index (χ1v) is 9.29. The molecule has 1 aliphatic rings. The van der Waals surface area contributed by atoms with E-state index in [4.69, 9.17) is 0 Å². The lowest BCUT2D eigenvalue weighted by Gasteiger charge is -2.08. The molecule has 3 rings (SSSR count). The van der Waals surface area contributed by atoms with Gasteiger partial charge in [0.25, 0.3) is 11.5 Å². The minimum Gasteiger partial charge on any atom is -0.393 e. The number of hydrogen-bond acceptors (Lipinski definition) is 5. The SMILES string of the molecule is Cc1c(C(=O)NCCC(C)O)sc2nc3n(c(=O)c12)CCCCC3. The van der Waals surface area contributed by atoms with Gasteiger partial charge in [-0.05, 0) is 38.7 Å². The van der Waals surface area contributed by atoms with E-state index in [1.807, 2.05) is 6.92 Å². The highest BCUT2D eigenvalue weighted by molar-refractivity contribution is 7.20. The maximum Gasteiger partial charge on any atom is 0.262 e. The molecule has 24 heavy (non-hydrogen) atoms. The molecule has 0 saturated heterocycles. The molecule has 0 aliphatic carbocycles. The van der Waals surface area contributed by atoms with E-state index in [-0.39, 0.29) is 11.5 Å². The lowest BCUT2D eigenvalue weighted by Crippen LogP contribution is -2.26. The second kappa shape index (κ2) is 7.03. The number of carbonyl (C=O) groups excluding carboxylic acids is 1. The Balaban J connectivity index is 1.97. The summed E-state index contributed by atoms with van der Waals surface area (Å²) in [5, 5.41) is 12.7. The summed E-state index contributed by atoms with van der Waals surface area (Å²) in [7, 11) is 0. The smallest absolute Gasteiger partial charge is 0.262 e. The van der Waals surface area contributed by atoms with Crippen LogP contribution in [0.5, 0.6) is 0 Å². The first-order chi connectivity index (χ1) is 11.5. The van der Waals surface area contributed by atoms with E-state index in [2.05, 4.69) is 10.3 Å². The molecule has 2 aromatic heterocycles. The first kappa shape index (κ1) is 17.1. The fourth-order valence-corrected chi connectivity index (χ4v) is 4.21. The quantitative estimate of drug-likeness (QED) is 0.884. The minimum atomic E-state index is -0.448. The number of carbonyl (C=O) groups is 1. The Hall–Kier alpha value is -1.73. The van der Waals surface area contributed by atoms with Gasteiger partial charge in [0.15, 0.2) is 0 Å². The van der Waals surface area contributed by atoms with Crippen molar-refractivity contribution in [2.45, 2.75) is 58.6 Å². The van der Waals surface area contributed by atoms with Crippen LogP contribution in [0.2, 0.25) is 0 Å². The van der Waals surface area contributed by atoms with Crippen LogP contribution in [0.1, 0.15) is 53.7 Å². The lowest BCUT2D eigenvalue weighted by atomic mass is 10.2. The molecule has 1 amide bonds. The Morgan fingerprint density at radius 1 is 1.42 bits per heavy atom. The van der Waals surface area contributed by atoms with Crippen LogP contribution < -0.4 is 10.9 Å². The third kappa shape index (κ3) is 3.23. The Kier molecular flexibility index (Phi) is 5.01. The van der Waals surface area contributed by atoms with Gasteiger partial charge in [0.1, 0.15) is 10.7 Å². The van der Waals surface area contributed by atoms with Crippen LogP contribution in [0.4, 0.5) is 0 Å². The third-order valence-corrected chi connectivity index (χ3v) is 5.65. The number of rotatable bonds is 4. The molecule has 7 heteroatoms. The highest BCUT2D eigenvalue weighted by atomic mass is 32.1. The zero-order chi connectivity index (χ0) is 17.3. The van der Waals surface area contributed by atoms with E-state index < -0.39 is 6.10 Å². The summed E-state index contributed by atoms with van der Waals surface area (Å²) in [4.78, 5) is 31.1. The van der Waals surface area contributed by atoms with Crippen LogP contribution in [0.15, 0.2) is 4.79 Å². The fraction of sp³-hybridized carbons (Fsp3) is 0.588. The second-order valence-electron chi connectivity index (χ2n) is 6.43. The maximum absolute atomic E-state index is 12.9. The molecule has 0 saturated carbocycles. The Labute approximate surface area is 144 Å². The van der Waals surface area contributed by atoms with Gasteiger partial charge in [-0.1, -0.05) is 6.42 Å². The number of nitrogens with one attached hydrogen (secondary N) is 1. The number of aliphatic hydroxyl groups is 1. The van der Waals surface area contributed by atoms with Gasteiger partial charge in [-0.25, -0.2) is 4.98 Å². The summed E-state index contributed by atoms with van der Waals surface area (Å²) in [5.41, 5.74) is 0.690. The molecule has 0 radical (unpaired) electrons. The van der Waals surface area contributed by atoms with Crippen molar-refractivity contribution in [1.82, 2.24) is 14.9 Å². The summed E-state index contributed by atoms with van der Waals surface area (Å²) in [6.45, 7) is 4.62. The molecule has 1 unspecified atom stereocenters. The van der Waals surface area contributed by atoms with Gasteiger partial charge in [-0.2, -0.15) is 0 Å². The molecule has 1 atom stereocenters. The van der Waals surface area contributed by atoms with Crippen LogP contribution in [0, 0.1) is 6.92 Å². The molecule has 2 N–H and O–H groups in total. The monoisotopic (exact) mass is 349 g/mol. The molecular weight excluding hydrogens is 326 g/mol. The van der Waals surface area contributed by atoms with Crippen LogP contribution in [-0.2, 0) is 13.0 Å². The van der Waals surface area contributed by atoms with Crippen molar-refractivity contribution in [2.24, 2.45) is 0 Å². The Morgan fingerprint density at radius 2 is 2.21 bits per heavy atom. The number of nitrogens with zero attached hydrogens (tertiary/aromatic N) is 2. The zero-order valence-corrected chi connectivity index (χ0v) is 14.9. The van der Waals surface area contributed by atoms with Crippen LogP contribution >= 0.6 is 11.3 Å². The van der Waals surface area contributed by atoms with Crippen molar-refractivity contribution in [3.05, 3.63) is 26.6 Å². The topological polar surface area (TPSA) is 84.2 Å². The van der Waals surface area contributed by atoms with E-state index in [9.17, 15) is 14.7 Å². The molecule has 0 fully saturated rings. The van der Waals surface area contributed by atoms with E-state index in [1.54, 1.807) is 11.5 Å². The van der Waals surface area contributed by atoms with Crippen molar-refractivity contribution >= 4 is 27.5 Å². The van der Waals surface area contributed by atoms with Gasteiger partial charge in [0.2, 0.25) is 0 Å². The van der Waals surface area contributed by atoms with Crippen molar-refractivity contribution in [3.63, 3.8) is 0 Å². The molecule has 0 aromatic carbocycles. The van der Waals surface area contributed by atoms with Crippen LogP contribution in [-0.4, -0.2) is 33.2 Å². The molecule has 6 nitrogen and oxygen atoms in total. The van der Waals surface area contributed by atoms with E-state index >= 15 is 0 Å². The summed E-state index contributed by atoms with van der Waals surface area (Å²) < 4.78 is 1.78. The molecule has 3 heterocycles. The highest BCUT2D eigenvalue weighted by Crippen LogP contribution is 2.28. The van der Waals surface area contributed by atoms with Crippen molar-refractivity contribution in [3.8, 4) is 0 Å². The predicted molar refractivity (Wildman–Crippen MR) is 94.8 cm³/mol. The molecule has 0 bridgehead atoms. The van der Waals surface area contributed by atoms with Crippen molar-refractivity contribution in [1.29, 1.82) is 0 Å². The number of amides is 1. The largest absolute Gasteiger partial charge is 0.393 e. The van der Waals surface area contributed by atoms with Crippen molar-refractivity contribution < 1.29 is 9.90 Å². The Morgan fingerprint density at radius 3 is 2.96 bits per heavy atom.